The average molecular weight is 252 g/mol. The number of aromatic nitrogens is 1. The fourth-order valence-corrected chi connectivity index (χ4v) is 2.91. The van der Waals surface area contributed by atoms with Gasteiger partial charge in [-0.1, -0.05) is 44.2 Å². The van der Waals surface area contributed by atoms with Gasteiger partial charge in [-0.25, -0.2) is 4.98 Å². The Hall–Kier alpha value is -1.83. The van der Waals surface area contributed by atoms with Gasteiger partial charge in [0.05, 0.1) is 0 Å². The molecule has 0 saturated carbocycles. The molecule has 2 heterocycles. The Morgan fingerprint density at radius 1 is 1.11 bits per heavy atom. The van der Waals surface area contributed by atoms with Crippen LogP contribution in [0.2, 0.25) is 0 Å². The van der Waals surface area contributed by atoms with Gasteiger partial charge in [-0.3, -0.25) is 0 Å². The molecule has 1 aromatic heterocycles. The molecule has 0 radical (unpaired) electrons. The lowest BCUT2D eigenvalue weighted by Gasteiger charge is -2.17. The first-order valence-corrected chi connectivity index (χ1v) is 6.98. The lowest BCUT2D eigenvalue weighted by Crippen LogP contribution is -2.17. The van der Waals surface area contributed by atoms with Crippen molar-refractivity contribution in [2.75, 3.05) is 5.32 Å². The summed E-state index contributed by atoms with van der Waals surface area (Å²) in [7, 11) is 0. The molecule has 0 amide bonds. The third kappa shape index (κ3) is 2.12. The molecule has 2 atom stereocenters. The molecule has 2 aromatic rings. The average Bonchev–Trinajstić information content (AvgIpc) is 2.74. The van der Waals surface area contributed by atoms with Crippen molar-refractivity contribution in [1.29, 1.82) is 0 Å². The van der Waals surface area contributed by atoms with Gasteiger partial charge < -0.3 is 5.32 Å². The van der Waals surface area contributed by atoms with E-state index < -0.39 is 0 Å². The molecule has 98 valence electrons. The molecule has 0 saturated heterocycles. The predicted octanol–water partition coefficient (Wildman–Crippen LogP) is 4.15. The largest absolute Gasteiger partial charge is 0.366 e. The summed E-state index contributed by atoms with van der Waals surface area (Å²) >= 11 is 0. The van der Waals surface area contributed by atoms with Crippen LogP contribution in [-0.4, -0.2) is 11.0 Å². The Morgan fingerprint density at radius 3 is 2.53 bits per heavy atom. The molecule has 1 aliphatic rings. The van der Waals surface area contributed by atoms with E-state index in [-0.39, 0.29) is 0 Å². The van der Waals surface area contributed by atoms with Crippen molar-refractivity contribution in [3.63, 3.8) is 0 Å². The van der Waals surface area contributed by atoms with Crippen molar-refractivity contribution in [2.24, 2.45) is 0 Å². The van der Waals surface area contributed by atoms with Crippen LogP contribution in [-0.2, 0) is 0 Å². The van der Waals surface area contributed by atoms with E-state index in [0.29, 0.717) is 17.9 Å². The third-order valence-corrected chi connectivity index (χ3v) is 4.00. The summed E-state index contributed by atoms with van der Waals surface area (Å²) in [6.07, 6.45) is 1.85. The SMILES string of the molecule is CC(C)c1ccc(C2c3cccnc3NC2C)cc1. The second kappa shape index (κ2) is 4.69. The van der Waals surface area contributed by atoms with Gasteiger partial charge in [-0.05, 0) is 30.0 Å². The maximum Gasteiger partial charge on any atom is 0.130 e. The molecule has 2 unspecified atom stereocenters. The van der Waals surface area contributed by atoms with Gasteiger partial charge >= 0.3 is 0 Å². The summed E-state index contributed by atoms with van der Waals surface area (Å²) in [6.45, 7) is 6.69. The summed E-state index contributed by atoms with van der Waals surface area (Å²) in [6, 6.07) is 13.6. The Morgan fingerprint density at radius 2 is 1.84 bits per heavy atom. The summed E-state index contributed by atoms with van der Waals surface area (Å²) in [4.78, 5) is 4.42. The number of nitrogens with zero attached hydrogens (tertiary/aromatic N) is 1. The Bertz CT molecular complexity index is 572. The second-order valence-corrected chi connectivity index (χ2v) is 5.67. The first kappa shape index (κ1) is 12.2. The number of hydrogen-bond acceptors (Lipinski definition) is 2. The van der Waals surface area contributed by atoms with Crippen molar-refractivity contribution in [2.45, 2.75) is 38.6 Å². The number of anilines is 1. The third-order valence-electron chi connectivity index (χ3n) is 4.00. The maximum atomic E-state index is 4.42. The van der Waals surface area contributed by atoms with E-state index in [1.807, 2.05) is 12.3 Å². The van der Waals surface area contributed by atoms with Crippen molar-refractivity contribution in [3.05, 3.63) is 59.3 Å². The summed E-state index contributed by atoms with van der Waals surface area (Å²) in [5, 5.41) is 3.47. The molecule has 0 spiro atoms. The lowest BCUT2D eigenvalue weighted by atomic mass is 9.88. The predicted molar refractivity (Wildman–Crippen MR) is 79.7 cm³/mol. The zero-order chi connectivity index (χ0) is 13.4. The van der Waals surface area contributed by atoms with Gasteiger partial charge in [0.1, 0.15) is 5.82 Å². The highest BCUT2D eigenvalue weighted by Gasteiger charge is 2.30. The lowest BCUT2D eigenvalue weighted by molar-refractivity contribution is 0.725. The van der Waals surface area contributed by atoms with Gasteiger partial charge in [-0.15, -0.1) is 0 Å². The quantitative estimate of drug-likeness (QED) is 0.868. The summed E-state index contributed by atoms with van der Waals surface area (Å²) in [5.74, 6) is 2.03. The highest BCUT2D eigenvalue weighted by molar-refractivity contribution is 5.57. The van der Waals surface area contributed by atoms with Crippen LogP contribution < -0.4 is 5.32 Å². The molecule has 1 aromatic carbocycles. The first-order chi connectivity index (χ1) is 9.16. The first-order valence-electron chi connectivity index (χ1n) is 6.98. The Labute approximate surface area is 114 Å². The minimum Gasteiger partial charge on any atom is -0.366 e. The zero-order valence-electron chi connectivity index (χ0n) is 11.7. The Balaban J connectivity index is 1.98. The van der Waals surface area contributed by atoms with Crippen molar-refractivity contribution in [3.8, 4) is 0 Å². The van der Waals surface area contributed by atoms with Crippen LogP contribution in [0.4, 0.5) is 5.82 Å². The van der Waals surface area contributed by atoms with Crippen LogP contribution in [0.15, 0.2) is 42.6 Å². The monoisotopic (exact) mass is 252 g/mol. The minimum atomic E-state index is 0.398. The molecule has 1 N–H and O–H groups in total. The molecule has 19 heavy (non-hydrogen) atoms. The number of benzene rings is 1. The molecule has 0 aliphatic carbocycles. The topological polar surface area (TPSA) is 24.9 Å². The van der Waals surface area contributed by atoms with Crippen LogP contribution in [0.5, 0.6) is 0 Å². The van der Waals surface area contributed by atoms with E-state index in [0.717, 1.165) is 5.82 Å². The fraction of sp³-hybridized carbons (Fsp3) is 0.353. The van der Waals surface area contributed by atoms with Gasteiger partial charge in [0.15, 0.2) is 0 Å². The van der Waals surface area contributed by atoms with E-state index in [2.05, 4.69) is 61.4 Å². The van der Waals surface area contributed by atoms with E-state index >= 15 is 0 Å². The highest BCUT2D eigenvalue weighted by atomic mass is 15.0. The summed E-state index contributed by atoms with van der Waals surface area (Å²) < 4.78 is 0. The molecule has 2 nitrogen and oxygen atoms in total. The molecule has 1 aliphatic heterocycles. The second-order valence-electron chi connectivity index (χ2n) is 5.67. The number of rotatable bonds is 2. The summed E-state index contributed by atoms with van der Waals surface area (Å²) in [5.41, 5.74) is 4.08. The zero-order valence-corrected chi connectivity index (χ0v) is 11.7. The number of nitrogens with one attached hydrogen (secondary N) is 1. The van der Waals surface area contributed by atoms with Crippen LogP contribution >= 0.6 is 0 Å². The molecule has 2 heteroatoms. The van der Waals surface area contributed by atoms with E-state index in [1.165, 1.54) is 16.7 Å². The molecule has 3 rings (SSSR count). The van der Waals surface area contributed by atoms with Crippen LogP contribution in [0, 0.1) is 0 Å². The van der Waals surface area contributed by atoms with Crippen molar-refractivity contribution in [1.82, 2.24) is 4.98 Å². The van der Waals surface area contributed by atoms with Gasteiger partial charge in [0.25, 0.3) is 0 Å². The normalized spacial score (nSPS) is 21.3. The smallest absolute Gasteiger partial charge is 0.130 e. The molecule has 0 bridgehead atoms. The van der Waals surface area contributed by atoms with Crippen molar-refractivity contribution < 1.29 is 0 Å². The van der Waals surface area contributed by atoms with Gasteiger partial charge in [-0.2, -0.15) is 0 Å². The Kier molecular flexibility index (Phi) is 3.02. The molecular weight excluding hydrogens is 232 g/mol. The van der Waals surface area contributed by atoms with Gasteiger partial charge in [0.2, 0.25) is 0 Å². The minimum absolute atomic E-state index is 0.398. The van der Waals surface area contributed by atoms with Gasteiger partial charge in [0, 0.05) is 23.7 Å². The van der Waals surface area contributed by atoms with Crippen molar-refractivity contribution >= 4 is 5.82 Å². The molecular formula is C17H20N2. The number of hydrogen-bond donors (Lipinski definition) is 1. The van der Waals surface area contributed by atoms with Crippen LogP contribution in [0.25, 0.3) is 0 Å². The van der Waals surface area contributed by atoms with Crippen LogP contribution in [0.3, 0.4) is 0 Å². The van der Waals surface area contributed by atoms with E-state index in [1.54, 1.807) is 0 Å². The van der Waals surface area contributed by atoms with E-state index in [9.17, 15) is 0 Å². The maximum absolute atomic E-state index is 4.42. The fourth-order valence-electron chi connectivity index (χ4n) is 2.91. The standard InChI is InChI=1S/C17H20N2/c1-11(2)13-6-8-14(9-7-13)16-12(3)19-17-15(16)5-4-10-18-17/h4-12,16H,1-3H3,(H,18,19). The molecule has 0 fully saturated rings. The highest BCUT2D eigenvalue weighted by Crippen LogP contribution is 2.39. The number of fused-ring (bicyclic) bond motifs is 1. The van der Waals surface area contributed by atoms with Crippen LogP contribution in [0.1, 0.15) is 49.3 Å². The van der Waals surface area contributed by atoms with E-state index in [4.69, 9.17) is 0 Å². The number of pyridine rings is 1.